The van der Waals surface area contributed by atoms with Crippen molar-refractivity contribution in [2.45, 2.75) is 32.2 Å². The molecular formula is C25H34N6O5. The number of carbonyl (C=O) groups is 1. The average molecular weight is 499 g/mol. The van der Waals surface area contributed by atoms with Gasteiger partial charge in [-0.25, -0.2) is 4.79 Å². The molecule has 1 saturated heterocycles. The molecule has 4 rings (SSSR count). The minimum absolute atomic E-state index is 0.126. The Labute approximate surface area is 209 Å². The van der Waals surface area contributed by atoms with Crippen LogP contribution in [-0.2, 0) is 33.7 Å². The molecule has 0 atom stereocenters. The van der Waals surface area contributed by atoms with Gasteiger partial charge in [0.05, 0.1) is 20.1 Å². The number of imidazole rings is 1. The van der Waals surface area contributed by atoms with E-state index >= 15 is 0 Å². The number of hydrogen-bond donors (Lipinski definition) is 2. The number of fused-ring (bicyclic) bond motifs is 1. The lowest BCUT2D eigenvalue weighted by molar-refractivity contribution is -0.139. The highest BCUT2D eigenvalue weighted by Crippen LogP contribution is 2.23. The van der Waals surface area contributed by atoms with Crippen LogP contribution in [-0.4, -0.2) is 77.5 Å². The minimum atomic E-state index is -0.262. The van der Waals surface area contributed by atoms with E-state index in [-0.39, 0.29) is 23.5 Å². The summed E-state index contributed by atoms with van der Waals surface area (Å²) in [6, 6.07) is 8.32. The fourth-order valence-electron chi connectivity index (χ4n) is 4.61. The van der Waals surface area contributed by atoms with Gasteiger partial charge in [0.2, 0.25) is 0 Å². The van der Waals surface area contributed by atoms with E-state index in [1.54, 1.807) is 11.7 Å². The highest BCUT2D eigenvalue weighted by molar-refractivity contribution is 5.81. The van der Waals surface area contributed by atoms with E-state index in [0.29, 0.717) is 43.3 Å². The lowest BCUT2D eigenvalue weighted by atomic mass is 9.89. The number of piperidine rings is 1. The van der Waals surface area contributed by atoms with E-state index < -0.39 is 0 Å². The normalized spacial score (nSPS) is 14.8. The molecule has 3 heterocycles. The standard InChI is InChI=1S/C25H34N6O5/c1-34-12-13-36-24-28-22(26)21-23(29-24)31(25(33)27-21)11-10-30-8-6-17(7-9-30)14-18-4-3-5-19(15-18)16-20(32)35-2/h3-5,15,17H,6-14,16H2,1-2H3,(H,27,33)(H2,26,28,29). The largest absolute Gasteiger partial charge is 0.469 e. The number of methoxy groups -OCH3 is 2. The van der Waals surface area contributed by atoms with Crippen LogP contribution in [0, 0.1) is 5.92 Å². The molecule has 0 unspecified atom stereocenters. The topological polar surface area (TPSA) is 138 Å². The molecular weight excluding hydrogens is 464 g/mol. The van der Waals surface area contributed by atoms with Crippen molar-refractivity contribution in [3.05, 3.63) is 45.9 Å². The zero-order valence-electron chi connectivity index (χ0n) is 20.9. The maximum absolute atomic E-state index is 12.6. The molecule has 2 aromatic heterocycles. The molecule has 0 saturated carbocycles. The Morgan fingerprint density at radius 1 is 1.14 bits per heavy atom. The molecule has 0 spiro atoms. The average Bonchev–Trinajstić information content (AvgIpc) is 3.19. The van der Waals surface area contributed by atoms with Crippen LogP contribution in [0.4, 0.5) is 5.82 Å². The number of H-pyrrole nitrogens is 1. The predicted octanol–water partition coefficient (Wildman–Crippen LogP) is 1.40. The van der Waals surface area contributed by atoms with Crippen molar-refractivity contribution in [3.63, 3.8) is 0 Å². The number of rotatable bonds is 11. The highest BCUT2D eigenvalue weighted by Gasteiger charge is 2.21. The van der Waals surface area contributed by atoms with Crippen molar-refractivity contribution < 1.29 is 19.0 Å². The summed E-state index contributed by atoms with van der Waals surface area (Å²) in [4.78, 5) is 37.8. The first-order valence-electron chi connectivity index (χ1n) is 12.2. The monoisotopic (exact) mass is 498 g/mol. The number of nitrogens with one attached hydrogen (secondary N) is 1. The highest BCUT2D eigenvalue weighted by atomic mass is 16.5. The Morgan fingerprint density at radius 3 is 2.67 bits per heavy atom. The van der Waals surface area contributed by atoms with Gasteiger partial charge < -0.3 is 29.8 Å². The quantitative estimate of drug-likeness (QED) is 0.297. The van der Waals surface area contributed by atoms with E-state index in [2.05, 4.69) is 32.0 Å². The fraction of sp³-hybridized carbons (Fsp3) is 0.520. The van der Waals surface area contributed by atoms with Gasteiger partial charge in [-0.05, 0) is 49.4 Å². The third-order valence-electron chi connectivity index (χ3n) is 6.59. The molecule has 36 heavy (non-hydrogen) atoms. The van der Waals surface area contributed by atoms with Gasteiger partial charge in [-0.3, -0.25) is 9.36 Å². The van der Waals surface area contributed by atoms with Gasteiger partial charge in [0.25, 0.3) is 0 Å². The summed E-state index contributed by atoms with van der Waals surface area (Å²) in [6.45, 7) is 3.85. The van der Waals surface area contributed by atoms with Gasteiger partial charge in [-0.1, -0.05) is 24.3 Å². The van der Waals surface area contributed by atoms with Crippen LogP contribution < -0.4 is 16.2 Å². The number of nitrogens with two attached hydrogens (primary N) is 1. The molecule has 1 fully saturated rings. The Bertz CT molecular complexity index is 1230. The van der Waals surface area contributed by atoms with Crippen LogP contribution >= 0.6 is 0 Å². The number of likely N-dealkylation sites (tertiary alicyclic amines) is 1. The van der Waals surface area contributed by atoms with Crippen molar-refractivity contribution in [2.24, 2.45) is 5.92 Å². The van der Waals surface area contributed by atoms with Gasteiger partial charge in [0.15, 0.2) is 11.5 Å². The first kappa shape index (κ1) is 25.6. The summed E-state index contributed by atoms with van der Waals surface area (Å²) in [5.74, 6) is 0.545. The molecule has 0 aliphatic carbocycles. The summed E-state index contributed by atoms with van der Waals surface area (Å²) >= 11 is 0. The summed E-state index contributed by atoms with van der Waals surface area (Å²) in [5.41, 5.74) is 8.86. The smallest absolute Gasteiger partial charge is 0.327 e. The molecule has 11 nitrogen and oxygen atoms in total. The Hall–Kier alpha value is -3.44. The van der Waals surface area contributed by atoms with Gasteiger partial charge in [0.1, 0.15) is 12.1 Å². The number of anilines is 1. The van der Waals surface area contributed by atoms with Gasteiger partial charge >= 0.3 is 17.7 Å². The van der Waals surface area contributed by atoms with E-state index in [4.69, 9.17) is 19.9 Å². The minimum Gasteiger partial charge on any atom is -0.469 e. The molecule has 1 aliphatic heterocycles. The lowest BCUT2D eigenvalue weighted by Crippen LogP contribution is -2.37. The van der Waals surface area contributed by atoms with Crippen molar-refractivity contribution in [2.75, 3.05) is 52.8 Å². The van der Waals surface area contributed by atoms with Gasteiger partial charge in [0, 0.05) is 20.2 Å². The lowest BCUT2D eigenvalue weighted by Gasteiger charge is -2.32. The number of nitrogens with zero attached hydrogens (tertiary/aromatic N) is 4. The first-order valence-corrected chi connectivity index (χ1v) is 12.2. The van der Waals surface area contributed by atoms with Crippen molar-refractivity contribution in [3.8, 4) is 6.01 Å². The third kappa shape index (κ3) is 6.41. The Morgan fingerprint density at radius 2 is 1.92 bits per heavy atom. The van der Waals surface area contributed by atoms with Crippen LogP contribution in [0.3, 0.4) is 0 Å². The zero-order chi connectivity index (χ0) is 25.5. The van der Waals surface area contributed by atoms with Crippen molar-refractivity contribution >= 4 is 23.0 Å². The van der Waals surface area contributed by atoms with Crippen LogP contribution in [0.2, 0.25) is 0 Å². The van der Waals surface area contributed by atoms with E-state index in [9.17, 15) is 9.59 Å². The Balaban J connectivity index is 1.32. The molecule has 11 heteroatoms. The number of hydrogen-bond acceptors (Lipinski definition) is 9. The number of aromatic nitrogens is 4. The number of esters is 1. The summed E-state index contributed by atoms with van der Waals surface area (Å²) < 4.78 is 16.8. The maximum atomic E-state index is 12.6. The van der Waals surface area contributed by atoms with Gasteiger partial charge in [-0.2, -0.15) is 9.97 Å². The van der Waals surface area contributed by atoms with Crippen molar-refractivity contribution in [1.29, 1.82) is 0 Å². The molecule has 0 radical (unpaired) electrons. The predicted molar refractivity (Wildman–Crippen MR) is 135 cm³/mol. The molecule has 3 aromatic rings. The van der Waals surface area contributed by atoms with Crippen LogP contribution in [0.5, 0.6) is 6.01 Å². The molecule has 0 amide bonds. The third-order valence-corrected chi connectivity index (χ3v) is 6.59. The van der Waals surface area contributed by atoms with E-state index in [1.165, 1.54) is 12.7 Å². The number of nitrogen functional groups attached to an aromatic ring is 1. The fourth-order valence-corrected chi connectivity index (χ4v) is 4.61. The molecule has 0 bridgehead atoms. The Kier molecular flexibility index (Phi) is 8.55. The van der Waals surface area contributed by atoms with Crippen LogP contribution in [0.1, 0.15) is 24.0 Å². The second-order valence-electron chi connectivity index (χ2n) is 9.08. The summed E-state index contributed by atoms with van der Waals surface area (Å²) in [5, 5.41) is 0. The molecule has 3 N–H and O–H groups in total. The SMILES string of the molecule is COCCOc1nc(N)c2[nH]c(=O)n(CCN3CCC(Cc4cccc(CC(=O)OC)c4)CC3)c2n1. The number of benzene rings is 1. The van der Waals surface area contributed by atoms with Crippen molar-refractivity contribution in [1.82, 2.24) is 24.4 Å². The zero-order valence-corrected chi connectivity index (χ0v) is 20.9. The second kappa shape index (κ2) is 12.0. The first-order chi connectivity index (χ1) is 17.5. The number of aromatic amines is 1. The molecule has 1 aromatic carbocycles. The van der Waals surface area contributed by atoms with E-state index in [0.717, 1.165) is 44.5 Å². The van der Waals surface area contributed by atoms with E-state index in [1.807, 2.05) is 12.1 Å². The summed E-state index contributed by atoms with van der Waals surface area (Å²) in [6.07, 6.45) is 3.45. The number of carbonyl (C=O) groups excluding carboxylic acids is 1. The number of ether oxygens (including phenoxy) is 3. The maximum Gasteiger partial charge on any atom is 0.327 e. The van der Waals surface area contributed by atoms with Gasteiger partial charge in [-0.15, -0.1) is 0 Å². The van der Waals surface area contributed by atoms with Crippen LogP contribution in [0.15, 0.2) is 29.1 Å². The van der Waals surface area contributed by atoms with Crippen LogP contribution in [0.25, 0.3) is 11.2 Å². The molecule has 1 aliphatic rings. The summed E-state index contributed by atoms with van der Waals surface area (Å²) in [7, 11) is 2.99. The second-order valence-corrected chi connectivity index (χ2v) is 9.08. The molecule has 194 valence electrons.